The maximum atomic E-state index is 5.65. The molecule has 0 amide bonds. The molecule has 2 rings (SSSR count). The van der Waals surface area contributed by atoms with Crippen LogP contribution >= 0.6 is 0 Å². The van der Waals surface area contributed by atoms with Crippen LogP contribution in [0.3, 0.4) is 0 Å². The number of nitrogens with two attached hydrogens (primary N) is 1. The zero-order valence-corrected chi connectivity index (χ0v) is 9.78. The lowest BCUT2D eigenvalue weighted by Crippen LogP contribution is -2.28. The van der Waals surface area contributed by atoms with E-state index in [0.717, 1.165) is 25.3 Å². The number of nitrogens with one attached hydrogen (secondary N) is 1. The molecule has 1 aromatic rings. The minimum Gasteiger partial charge on any atom is -0.496 e. The summed E-state index contributed by atoms with van der Waals surface area (Å²) in [5.41, 5.74) is 6.96. The molecule has 2 atom stereocenters. The van der Waals surface area contributed by atoms with E-state index in [0.29, 0.717) is 12.0 Å². The minimum atomic E-state index is 0.501. The average molecular weight is 220 g/mol. The Bertz CT molecular complexity index is 340. The Balaban J connectivity index is 2.21. The lowest BCUT2D eigenvalue weighted by atomic mass is 9.89. The Morgan fingerprint density at radius 1 is 1.44 bits per heavy atom. The van der Waals surface area contributed by atoms with Crippen molar-refractivity contribution in [3.63, 3.8) is 0 Å². The van der Waals surface area contributed by atoms with Gasteiger partial charge in [-0.25, -0.2) is 0 Å². The summed E-state index contributed by atoms with van der Waals surface area (Å²) in [5, 5.41) is 3.52. The number of rotatable bonds is 4. The van der Waals surface area contributed by atoms with Gasteiger partial charge in [-0.1, -0.05) is 18.2 Å². The van der Waals surface area contributed by atoms with E-state index >= 15 is 0 Å². The first kappa shape index (κ1) is 11.4. The number of methoxy groups -OCH3 is 1. The molecule has 3 heteroatoms. The summed E-state index contributed by atoms with van der Waals surface area (Å²) in [5.74, 6) is 1.54. The Kier molecular flexibility index (Phi) is 3.80. The van der Waals surface area contributed by atoms with Gasteiger partial charge in [0.15, 0.2) is 0 Å². The maximum absolute atomic E-state index is 5.65. The van der Waals surface area contributed by atoms with Crippen molar-refractivity contribution in [2.45, 2.75) is 24.8 Å². The van der Waals surface area contributed by atoms with Crippen LogP contribution in [-0.2, 0) is 0 Å². The molecule has 16 heavy (non-hydrogen) atoms. The summed E-state index contributed by atoms with van der Waals surface area (Å²) < 4.78 is 5.43. The van der Waals surface area contributed by atoms with Crippen LogP contribution in [0.1, 0.15) is 24.3 Å². The zero-order valence-electron chi connectivity index (χ0n) is 9.78. The van der Waals surface area contributed by atoms with Crippen molar-refractivity contribution >= 4 is 0 Å². The second-order valence-corrected chi connectivity index (χ2v) is 4.28. The fraction of sp³-hybridized carbons (Fsp3) is 0.538. The molecule has 0 aromatic heterocycles. The second-order valence-electron chi connectivity index (χ2n) is 4.28. The van der Waals surface area contributed by atoms with Gasteiger partial charge in [-0.2, -0.15) is 0 Å². The molecule has 2 unspecified atom stereocenters. The Morgan fingerprint density at radius 3 is 3.00 bits per heavy atom. The lowest BCUT2D eigenvalue weighted by Gasteiger charge is -2.21. The molecule has 0 spiro atoms. The fourth-order valence-corrected chi connectivity index (χ4v) is 2.60. The highest BCUT2D eigenvalue weighted by Crippen LogP contribution is 2.34. The van der Waals surface area contributed by atoms with E-state index in [1.165, 1.54) is 12.0 Å². The summed E-state index contributed by atoms with van der Waals surface area (Å²) in [6, 6.07) is 8.80. The van der Waals surface area contributed by atoms with E-state index in [4.69, 9.17) is 10.5 Å². The van der Waals surface area contributed by atoms with Crippen molar-refractivity contribution in [1.29, 1.82) is 0 Å². The third-order valence-electron chi connectivity index (χ3n) is 3.36. The van der Waals surface area contributed by atoms with Gasteiger partial charge in [0.2, 0.25) is 0 Å². The molecule has 1 saturated heterocycles. The molecule has 88 valence electrons. The molecule has 0 saturated carbocycles. The van der Waals surface area contributed by atoms with E-state index in [1.54, 1.807) is 7.11 Å². The quantitative estimate of drug-likeness (QED) is 0.808. The molecule has 1 aliphatic heterocycles. The van der Waals surface area contributed by atoms with E-state index in [1.807, 2.05) is 12.1 Å². The largest absolute Gasteiger partial charge is 0.496 e. The molecule has 3 N–H and O–H groups in total. The highest BCUT2D eigenvalue weighted by Gasteiger charge is 2.29. The number of para-hydroxylation sites is 1. The topological polar surface area (TPSA) is 47.3 Å². The third-order valence-corrected chi connectivity index (χ3v) is 3.36. The van der Waals surface area contributed by atoms with E-state index in [2.05, 4.69) is 17.4 Å². The molecule has 3 nitrogen and oxygen atoms in total. The van der Waals surface area contributed by atoms with Crippen molar-refractivity contribution in [3.8, 4) is 5.75 Å². The summed E-state index contributed by atoms with van der Waals surface area (Å²) in [4.78, 5) is 0. The van der Waals surface area contributed by atoms with Crippen LogP contribution in [0.2, 0.25) is 0 Å². The van der Waals surface area contributed by atoms with Crippen molar-refractivity contribution in [2.24, 2.45) is 5.73 Å². The van der Waals surface area contributed by atoms with E-state index < -0.39 is 0 Å². The highest BCUT2D eigenvalue weighted by atomic mass is 16.5. The summed E-state index contributed by atoms with van der Waals surface area (Å²) >= 11 is 0. The molecule has 0 bridgehead atoms. The molecule has 0 radical (unpaired) electrons. The molecule has 0 aliphatic carbocycles. The summed E-state index contributed by atoms with van der Waals surface area (Å²) in [6.45, 7) is 1.82. The SMILES string of the molecule is COc1ccccc1C1CCNC1CCN. The van der Waals surface area contributed by atoms with Gasteiger partial charge in [0.25, 0.3) is 0 Å². The first-order valence-corrected chi connectivity index (χ1v) is 5.93. The smallest absolute Gasteiger partial charge is 0.122 e. The first-order valence-electron chi connectivity index (χ1n) is 5.93. The average Bonchev–Trinajstić information content (AvgIpc) is 2.77. The predicted molar refractivity (Wildman–Crippen MR) is 65.8 cm³/mol. The molecule has 1 fully saturated rings. The van der Waals surface area contributed by atoms with Crippen molar-refractivity contribution in [3.05, 3.63) is 29.8 Å². The van der Waals surface area contributed by atoms with Crippen LogP contribution in [0.15, 0.2) is 24.3 Å². The van der Waals surface area contributed by atoms with Crippen LogP contribution in [-0.4, -0.2) is 26.2 Å². The van der Waals surface area contributed by atoms with Crippen molar-refractivity contribution in [2.75, 3.05) is 20.2 Å². The highest BCUT2D eigenvalue weighted by molar-refractivity contribution is 5.37. The molecule has 1 aromatic carbocycles. The Morgan fingerprint density at radius 2 is 2.25 bits per heavy atom. The van der Waals surface area contributed by atoms with Gasteiger partial charge in [0.05, 0.1) is 7.11 Å². The number of ether oxygens (including phenoxy) is 1. The Hall–Kier alpha value is -1.06. The van der Waals surface area contributed by atoms with Gasteiger partial charge < -0.3 is 15.8 Å². The standard InChI is InChI=1S/C13H20N2O/c1-16-13-5-3-2-4-11(13)10-7-9-15-12(10)6-8-14/h2-5,10,12,15H,6-9,14H2,1H3. The number of hydrogen-bond donors (Lipinski definition) is 2. The fourth-order valence-electron chi connectivity index (χ4n) is 2.60. The molecular formula is C13H20N2O. The minimum absolute atomic E-state index is 0.501. The van der Waals surface area contributed by atoms with Crippen LogP contribution in [0, 0.1) is 0 Å². The number of hydrogen-bond acceptors (Lipinski definition) is 3. The third kappa shape index (κ3) is 2.20. The summed E-state index contributed by atoms with van der Waals surface area (Å²) in [6.07, 6.45) is 2.20. The van der Waals surface area contributed by atoms with Crippen molar-refractivity contribution < 1.29 is 4.74 Å². The lowest BCUT2D eigenvalue weighted by molar-refractivity contribution is 0.400. The van der Waals surface area contributed by atoms with E-state index in [9.17, 15) is 0 Å². The van der Waals surface area contributed by atoms with E-state index in [-0.39, 0.29) is 0 Å². The second kappa shape index (κ2) is 5.32. The van der Waals surface area contributed by atoms with Gasteiger partial charge in [0, 0.05) is 12.0 Å². The van der Waals surface area contributed by atoms with Gasteiger partial charge >= 0.3 is 0 Å². The van der Waals surface area contributed by atoms with Gasteiger partial charge in [-0.05, 0) is 37.6 Å². The van der Waals surface area contributed by atoms with Crippen LogP contribution in [0.25, 0.3) is 0 Å². The Labute approximate surface area is 97.0 Å². The predicted octanol–water partition coefficient (Wildman–Crippen LogP) is 1.49. The van der Waals surface area contributed by atoms with Crippen molar-refractivity contribution in [1.82, 2.24) is 5.32 Å². The normalized spacial score (nSPS) is 24.6. The van der Waals surface area contributed by atoms with Gasteiger partial charge in [-0.15, -0.1) is 0 Å². The first-order chi connectivity index (χ1) is 7.86. The van der Waals surface area contributed by atoms with Crippen LogP contribution in [0.4, 0.5) is 0 Å². The van der Waals surface area contributed by atoms with Crippen LogP contribution in [0.5, 0.6) is 5.75 Å². The van der Waals surface area contributed by atoms with Gasteiger partial charge in [0.1, 0.15) is 5.75 Å². The zero-order chi connectivity index (χ0) is 11.4. The summed E-state index contributed by atoms with van der Waals surface area (Å²) in [7, 11) is 1.74. The molecular weight excluding hydrogens is 200 g/mol. The maximum Gasteiger partial charge on any atom is 0.122 e. The van der Waals surface area contributed by atoms with Gasteiger partial charge in [-0.3, -0.25) is 0 Å². The monoisotopic (exact) mass is 220 g/mol. The molecule has 1 aliphatic rings. The van der Waals surface area contributed by atoms with Crippen LogP contribution < -0.4 is 15.8 Å². The number of benzene rings is 1. The molecule has 1 heterocycles.